The van der Waals surface area contributed by atoms with Gasteiger partial charge in [-0.25, -0.2) is 9.48 Å². The molecule has 4 aromatic rings. The molecule has 11 heteroatoms. The second-order valence-electron chi connectivity index (χ2n) is 13.4. The van der Waals surface area contributed by atoms with Crippen molar-refractivity contribution in [2.75, 3.05) is 0 Å². The summed E-state index contributed by atoms with van der Waals surface area (Å²) in [6.45, 7) is 16.1. The number of carbonyl (C=O) groups excluding carboxylic acids is 2. The molecule has 5 rings (SSSR count). The maximum atomic E-state index is 14.1. The van der Waals surface area contributed by atoms with Crippen molar-refractivity contribution in [2.24, 2.45) is 14.1 Å². The van der Waals surface area contributed by atoms with E-state index in [-0.39, 0.29) is 12.0 Å². The number of hydrogen-bond acceptors (Lipinski definition) is 6. The van der Waals surface area contributed by atoms with E-state index < -0.39 is 23.5 Å². The van der Waals surface area contributed by atoms with Crippen LogP contribution in [0, 0.1) is 13.8 Å². The first-order chi connectivity index (χ1) is 21.1. The average molecular weight is 616 g/mol. The van der Waals surface area contributed by atoms with Crippen LogP contribution < -0.4 is 0 Å². The van der Waals surface area contributed by atoms with Crippen molar-refractivity contribution in [3.8, 4) is 5.69 Å². The van der Waals surface area contributed by atoms with Crippen LogP contribution >= 0.6 is 0 Å². The number of aryl methyl sites for hydroxylation is 2. The SMILES string of the molecule is Cc1ccc(CN(Cc2ccc(C)n2C)C(=O)c2cccc(-n3cc([C@@H]4[C@@H](C)OC(C)(C)N4C(=O)OC(C)(C)C)nn3)c2)n1C. The molecule has 1 aliphatic heterocycles. The summed E-state index contributed by atoms with van der Waals surface area (Å²) < 4.78 is 17.7. The van der Waals surface area contributed by atoms with Crippen molar-refractivity contribution in [3.63, 3.8) is 0 Å². The minimum absolute atomic E-state index is 0.0921. The van der Waals surface area contributed by atoms with E-state index in [1.807, 2.05) is 84.8 Å². The average Bonchev–Trinajstić information content (AvgIpc) is 3.70. The summed E-state index contributed by atoms with van der Waals surface area (Å²) in [6.07, 6.45) is 0.955. The zero-order valence-corrected chi connectivity index (χ0v) is 28.0. The number of rotatable bonds is 7. The summed E-state index contributed by atoms with van der Waals surface area (Å²) in [5, 5.41) is 8.84. The Labute approximate surface area is 265 Å². The van der Waals surface area contributed by atoms with Crippen LogP contribution in [0.4, 0.5) is 4.79 Å². The van der Waals surface area contributed by atoms with Crippen LogP contribution in [0.25, 0.3) is 5.69 Å². The van der Waals surface area contributed by atoms with E-state index in [9.17, 15) is 9.59 Å². The van der Waals surface area contributed by atoms with Gasteiger partial charge < -0.3 is 23.5 Å². The molecule has 0 bridgehead atoms. The number of benzene rings is 1. The Hall–Kier alpha value is -4.38. The van der Waals surface area contributed by atoms with E-state index in [4.69, 9.17) is 9.47 Å². The maximum Gasteiger partial charge on any atom is 0.413 e. The highest BCUT2D eigenvalue weighted by atomic mass is 16.6. The molecule has 2 atom stereocenters. The Morgan fingerprint density at radius 3 is 2.11 bits per heavy atom. The van der Waals surface area contributed by atoms with Crippen LogP contribution in [0.3, 0.4) is 0 Å². The Morgan fingerprint density at radius 1 is 0.978 bits per heavy atom. The molecule has 1 fully saturated rings. The molecule has 240 valence electrons. The highest BCUT2D eigenvalue weighted by molar-refractivity contribution is 5.94. The lowest BCUT2D eigenvalue weighted by Gasteiger charge is -2.34. The molecular formula is C34H45N7O4. The van der Waals surface area contributed by atoms with Crippen LogP contribution in [-0.2, 0) is 36.7 Å². The highest BCUT2D eigenvalue weighted by Gasteiger charge is 2.51. The third-order valence-corrected chi connectivity index (χ3v) is 8.49. The molecule has 4 heterocycles. The molecule has 3 aromatic heterocycles. The number of ether oxygens (including phenoxy) is 2. The number of carbonyl (C=O) groups is 2. The summed E-state index contributed by atoms with van der Waals surface area (Å²) in [5.41, 5.74) is 4.58. The van der Waals surface area contributed by atoms with E-state index in [0.717, 1.165) is 22.8 Å². The first kappa shape index (κ1) is 32.0. The lowest BCUT2D eigenvalue weighted by atomic mass is 10.1. The van der Waals surface area contributed by atoms with Crippen molar-refractivity contribution in [3.05, 3.63) is 88.8 Å². The van der Waals surface area contributed by atoms with Gasteiger partial charge >= 0.3 is 6.09 Å². The predicted octanol–water partition coefficient (Wildman–Crippen LogP) is 5.84. The Balaban J connectivity index is 1.44. The number of amides is 2. The second kappa shape index (κ2) is 11.8. The maximum absolute atomic E-state index is 14.1. The summed E-state index contributed by atoms with van der Waals surface area (Å²) in [4.78, 5) is 30.9. The van der Waals surface area contributed by atoms with Crippen LogP contribution in [0.5, 0.6) is 0 Å². The minimum Gasteiger partial charge on any atom is -0.444 e. The van der Waals surface area contributed by atoms with Crippen LogP contribution in [0.15, 0.2) is 54.7 Å². The zero-order chi connectivity index (χ0) is 32.8. The van der Waals surface area contributed by atoms with Crippen molar-refractivity contribution in [1.29, 1.82) is 0 Å². The van der Waals surface area contributed by atoms with E-state index in [1.165, 1.54) is 0 Å². The standard InChI is InChI=1S/C34H45N7O4/c1-22-14-16-27(37(22)9)19-39(20-28-17-15-23(2)38(28)10)31(42)25-12-11-13-26(18-25)40-21-29(35-36-40)30-24(3)44-34(7,8)41(30)32(43)45-33(4,5)6/h11-18,21,24,30H,19-20H2,1-10H3/t24-,30+/m1/s1. The first-order valence-corrected chi connectivity index (χ1v) is 15.3. The molecule has 11 nitrogen and oxygen atoms in total. The lowest BCUT2D eigenvalue weighted by molar-refractivity contribution is -0.0757. The van der Waals surface area contributed by atoms with Gasteiger partial charge in [0.05, 0.1) is 31.1 Å². The zero-order valence-electron chi connectivity index (χ0n) is 28.0. The Morgan fingerprint density at radius 2 is 1.58 bits per heavy atom. The van der Waals surface area contributed by atoms with Gasteiger partial charge in [0.15, 0.2) is 0 Å². The topological polar surface area (TPSA) is 99.7 Å². The first-order valence-electron chi connectivity index (χ1n) is 15.3. The largest absolute Gasteiger partial charge is 0.444 e. The van der Waals surface area contributed by atoms with Gasteiger partial charge in [-0.15, -0.1) is 5.10 Å². The van der Waals surface area contributed by atoms with Gasteiger partial charge in [-0.1, -0.05) is 11.3 Å². The quantitative estimate of drug-likeness (QED) is 0.259. The third-order valence-electron chi connectivity index (χ3n) is 8.49. The highest BCUT2D eigenvalue weighted by Crippen LogP contribution is 2.41. The van der Waals surface area contributed by atoms with Gasteiger partial charge in [-0.2, -0.15) is 0 Å². The molecule has 0 aliphatic carbocycles. The van der Waals surface area contributed by atoms with Crippen LogP contribution in [-0.4, -0.2) is 63.4 Å². The molecule has 0 radical (unpaired) electrons. The predicted molar refractivity (Wildman–Crippen MR) is 171 cm³/mol. The van der Waals surface area contributed by atoms with Gasteiger partial charge in [0.2, 0.25) is 0 Å². The molecular weight excluding hydrogens is 570 g/mol. The van der Waals surface area contributed by atoms with E-state index in [2.05, 4.69) is 57.6 Å². The molecule has 1 aromatic carbocycles. The molecule has 1 aliphatic rings. The van der Waals surface area contributed by atoms with Crippen molar-refractivity contribution >= 4 is 12.0 Å². The Bertz CT molecular complexity index is 1660. The fourth-order valence-corrected chi connectivity index (χ4v) is 5.88. The number of hydrogen-bond donors (Lipinski definition) is 0. The third kappa shape index (κ3) is 6.54. The molecule has 0 unspecified atom stereocenters. The van der Waals surface area contributed by atoms with E-state index >= 15 is 0 Å². The van der Waals surface area contributed by atoms with E-state index in [1.54, 1.807) is 15.8 Å². The monoisotopic (exact) mass is 615 g/mol. The van der Waals surface area contributed by atoms with Gasteiger partial charge in [-0.3, -0.25) is 9.69 Å². The van der Waals surface area contributed by atoms with Crippen LogP contribution in [0.2, 0.25) is 0 Å². The number of aromatic nitrogens is 5. The molecule has 2 amide bonds. The van der Waals surface area contributed by atoms with Gasteiger partial charge in [0.1, 0.15) is 23.1 Å². The molecule has 1 saturated heterocycles. The summed E-state index contributed by atoms with van der Waals surface area (Å²) in [6, 6.07) is 15.1. The number of nitrogens with zero attached hydrogens (tertiary/aromatic N) is 7. The van der Waals surface area contributed by atoms with Gasteiger partial charge in [0.25, 0.3) is 5.91 Å². The second-order valence-corrected chi connectivity index (χ2v) is 13.4. The minimum atomic E-state index is -0.903. The summed E-state index contributed by atoms with van der Waals surface area (Å²) in [7, 11) is 4.04. The van der Waals surface area contributed by atoms with Crippen molar-refractivity contribution in [2.45, 2.75) is 92.0 Å². The Kier molecular flexibility index (Phi) is 8.43. The van der Waals surface area contributed by atoms with Gasteiger partial charge in [0, 0.05) is 42.4 Å². The summed E-state index contributed by atoms with van der Waals surface area (Å²) >= 11 is 0. The fraction of sp³-hybridized carbons (Fsp3) is 0.471. The van der Waals surface area contributed by atoms with Crippen molar-refractivity contribution in [1.82, 2.24) is 33.9 Å². The molecule has 0 spiro atoms. The van der Waals surface area contributed by atoms with Crippen molar-refractivity contribution < 1.29 is 19.1 Å². The van der Waals surface area contributed by atoms with E-state index in [0.29, 0.717) is 30.0 Å². The molecule has 0 saturated carbocycles. The fourth-order valence-electron chi connectivity index (χ4n) is 5.88. The smallest absolute Gasteiger partial charge is 0.413 e. The lowest BCUT2D eigenvalue weighted by Crippen LogP contribution is -2.47. The summed E-state index contributed by atoms with van der Waals surface area (Å²) in [5.74, 6) is -0.0921. The van der Waals surface area contributed by atoms with Gasteiger partial charge in [-0.05, 0) is 97.9 Å². The van der Waals surface area contributed by atoms with Crippen LogP contribution in [0.1, 0.15) is 86.4 Å². The molecule has 0 N–H and O–H groups in total. The molecule has 45 heavy (non-hydrogen) atoms. The normalized spacial score (nSPS) is 18.0.